The van der Waals surface area contributed by atoms with Gasteiger partial charge >= 0.3 is 0 Å². The smallest absolute Gasteiger partial charge is 0.252 e. The van der Waals surface area contributed by atoms with Crippen LogP contribution in [0.25, 0.3) is 0 Å². The molecule has 2 N–H and O–H groups in total. The summed E-state index contributed by atoms with van der Waals surface area (Å²) < 4.78 is 23.4. The van der Waals surface area contributed by atoms with Crippen LogP contribution in [0.1, 0.15) is 18.4 Å². The van der Waals surface area contributed by atoms with Crippen molar-refractivity contribution >= 4 is 11.8 Å². The molecule has 0 saturated heterocycles. The van der Waals surface area contributed by atoms with Crippen molar-refractivity contribution in [3.8, 4) is 5.75 Å². The molecule has 6 nitrogen and oxygen atoms in total. The van der Waals surface area contributed by atoms with E-state index in [0.717, 1.165) is 5.56 Å². The number of nitrogens with one attached hydrogen (secondary N) is 1. The lowest BCUT2D eigenvalue weighted by atomic mass is 9.96. The Labute approximate surface area is 146 Å². The number of alkyl halides is 1. The molecular weight excluding hydrogens is 327 g/mol. The first-order chi connectivity index (χ1) is 12.1. The van der Waals surface area contributed by atoms with Crippen LogP contribution in [-0.2, 0) is 9.53 Å². The van der Waals surface area contributed by atoms with E-state index in [2.05, 4.69) is 16.9 Å². The van der Waals surface area contributed by atoms with E-state index in [1.165, 1.54) is 0 Å². The molecule has 1 aliphatic heterocycles. The quantitative estimate of drug-likeness (QED) is 0.496. The summed E-state index contributed by atoms with van der Waals surface area (Å²) in [6.07, 6.45) is 2.47. The summed E-state index contributed by atoms with van der Waals surface area (Å²) in [5.41, 5.74) is -0.388. The maximum atomic E-state index is 12.3. The number of hydrogen-bond donors (Lipinski definition) is 2. The number of aliphatic hydroxyl groups is 1. The highest BCUT2D eigenvalue weighted by Crippen LogP contribution is 2.27. The fraction of sp³-hybridized carbons (Fsp3) is 0.444. The third-order valence-corrected chi connectivity index (χ3v) is 3.72. The van der Waals surface area contributed by atoms with E-state index in [4.69, 9.17) is 14.6 Å². The molecular formula is C18H23FN2O4. The molecule has 0 bridgehead atoms. The van der Waals surface area contributed by atoms with Crippen LogP contribution >= 0.6 is 0 Å². The number of ether oxygens (including phenoxy) is 2. The van der Waals surface area contributed by atoms with Gasteiger partial charge in [0, 0.05) is 31.6 Å². The van der Waals surface area contributed by atoms with Crippen LogP contribution in [0, 0.1) is 0 Å². The molecule has 2 rings (SSSR count). The van der Waals surface area contributed by atoms with Crippen LogP contribution in [0.2, 0.25) is 0 Å². The highest BCUT2D eigenvalue weighted by molar-refractivity contribution is 6.00. The van der Waals surface area contributed by atoms with Crippen LogP contribution in [-0.4, -0.2) is 55.5 Å². The van der Waals surface area contributed by atoms with Gasteiger partial charge in [-0.25, -0.2) is 9.38 Å². The standard InChI is InChI=1S/C18H23FN2O4/c1-2-8-18(17(23)20-10-9-19)13-25-16(21-18)14-4-6-15(7-5-14)24-12-3-11-22/h2,4-7,22H,1,3,8-13H2,(H,20,23)/t18-/m1/s1. The zero-order valence-corrected chi connectivity index (χ0v) is 14.0. The summed E-state index contributed by atoms with van der Waals surface area (Å²) in [6.45, 7) is 3.58. The minimum absolute atomic E-state index is 0.0531. The van der Waals surface area contributed by atoms with Crippen LogP contribution in [0.3, 0.4) is 0 Å². The number of nitrogens with zero attached hydrogens (tertiary/aromatic N) is 1. The van der Waals surface area contributed by atoms with E-state index in [1.807, 2.05) is 0 Å². The molecule has 0 aromatic heterocycles. The third kappa shape index (κ3) is 4.79. The Bertz CT molecular complexity index is 618. The van der Waals surface area contributed by atoms with Crippen molar-refractivity contribution in [3.63, 3.8) is 0 Å². The van der Waals surface area contributed by atoms with Crippen molar-refractivity contribution in [1.29, 1.82) is 0 Å². The van der Waals surface area contributed by atoms with Crippen LogP contribution in [0.4, 0.5) is 4.39 Å². The van der Waals surface area contributed by atoms with Gasteiger partial charge in [-0.3, -0.25) is 4.79 Å². The molecule has 0 radical (unpaired) electrons. The molecule has 7 heteroatoms. The Balaban J connectivity index is 2.11. The summed E-state index contributed by atoms with van der Waals surface area (Å²) in [5.74, 6) is 0.664. The number of amides is 1. The molecule has 0 saturated carbocycles. The first kappa shape index (κ1) is 18.9. The molecule has 1 atom stereocenters. The Morgan fingerprint density at radius 1 is 1.48 bits per heavy atom. The molecule has 0 fully saturated rings. The molecule has 0 spiro atoms. The minimum atomic E-state index is -1.11. The van der Waals surface area contributed by atoms with Crippen molar-refractivity contribution in [2.45, 2.75) is 18.4 Å². The van der Waals surface area contributed by atoms with Gasteiger partial charge in [-0.1, -0.05) is 6.08 Å². The Kier molecular flexibility index (Phi) is 6.94. The molecule has 1 heterocycles. The minimum Gasteiger partial charge on any atom is -0.494 e. The van der Waals surface area contributed by atoms with Gasteiger partial charge in [0.25, 0.3) is 5.91 Å². The van der Waals surface area contributed by atoms with E-state index >= 15 is 0 Å². The number of aliphatic imine (C=N–C) groups is 1. The normalized spacial score (nSPS) is 19.0. The van der Waals surface area contributed by atoms with Gasteiger partial charge in [-0.2, -0.15) is 0 Å². The summed E-state index contributed by atoms with van der Waals surface area (Å²) in [6, 6.07) is 7.12. The van der Waals surface area contributed by atoms with E-state index in [9.17, 15) is 9.18 Å². The maximum absolute atomic E-state index is 12.3. The summed E-state index contributed by atoms with van der Waals surface area (Å²) in [7, 11) is 0. The predicted molar refractivity (Wildman–Crippen MR) is 92.7 cm³/mol. The zero-order valence-electron chi connectivity index (χ0n) is 14.0. The highest BCUT2D eigenvalue weighted by atomic mass is 19.1. The van der Waals surface area contributed by atoms with Gasteiger partial charge in [0.2, 0.25) is 5.90 Å². The lowest BCUT2D eigenvalue weighted by molar-refractivity contribution is -0.126. The lowest BCUT2D eigenvalue weighted by Gasteiger charge is -2.20. The van der Waals surface area contributed by atoms with E-state index < -0.39 is 12.2 Å². The van der Waals surface area contributed by atoms with Crippen molar-refractivity contribution in [2.24, 2.45) is 4.99 Å². The Morgan fingerprint density at radius 3 is 2.88 bits per heavy atom. The van der Waals surface area contributed by atoms with Gasteiger partial charge in [-0.15, -0.1) is 6.58 Å². The summed E-state index contributed by atoms with van der Waals surface area (Å²) in [5, 5.41) is 11.3. The van der Waals surface area contributed by atoms with Crippen molar-refractivity contribution in [2.75, 3.05) is 33.0 Å². The average Bonchev–Trinajstić information content (AvgIpc) is 3.06. The SMILES string of the molecule is C=CC[C@]1(C(=O)NCCF)COC(c2ccc(OCCCO)cc2)=N1. The average molecular weight is 350 g/mol. The largest absolute Gasteiger partial charge is 0.494 e. The van der Waals surface area contributed by atoms with E-state index in [1.54, 1.807) is 30.3 Å². The molecule has 25 heavy (non-hydrogen) atoms. The zero-order chi connectivity index (χ0) is 18.1. The number of benzene rings is 1. The van der Waals surface area contributed by atoms with Crippen molar-refractivity contribution in [1.82, 2.24) is 5.32 Å². The predicted octanol–water partition coefficient (Wildman–Crippen LogP) is 1.63. The van der Waals surface area contributed by atoms with Crippen LogP contribution < -0.4 is 10.1 Å². The molecule has 1 aromatic rings. The van der Waals surface area contributed by atoms with Crippen LogP contribution in [0.5, 0.6) is 5.75 Å². The van der Waals surface area contributed by atoms with Gasteiger partial charge < -0.3 is 19.9 Å². The summed E-state index contributed by atoms with van der Waals surface area (Å²) >= 11 is 0. The topological polar surface area (TPSA) is 80.2 Å². The van der Waals surface area contributed by atoms with Crippen LogP contribution in [0.15, 0.2) is 41.9 Å². The van der Waals surface area contributed by atoms with Gasteiger partial charge in [0.15, 0.2) is 5.54 Å². The molecule has 136 valence electrons. The Morgan fingerprint density at radius 2 is 2.24 bits per heavy atom. The number of rotatable bonds is 10. The number of hydrogen-bond acceptors (Lipinski definition) is 5. The second-order valence-corrected chi connectivity index (χ2v) is 5.62. The van der Waals surface area contributed by atoms with Gasteiger partial charge in [0.1, 0.15) is 19.0 Å². The number of aliphatic hydroxyl groups excluding tert-OH is 1. The second-order valence-electron chi connectivity index (χ2n) is 5.62. The van der Waals surface area contributed by atoms with Crippen molar-refractivity contribution < 1.29 is 23.8 Å². The first-order valence-corrected chi connectivity index (χ1v) is 8.17. The van der Waals surface area contributed by atoms with E-state index in [0.29, 0.717) is 31.1 Å². The van der Waals surface area contributed by atoms with Crippen molar-refractivity contribution in [3.05, 3.63) is 42.5 Å². The fourth-order valence-corrected chi connectivity index (χ4v) is 2.42. The molecule has 1 amide bonds. The maximum Gasteiger partial charge on any atom is 0.252 e. The lowest BCUT2D eigenvalue weighted by Crippen LogP contribution is -2.47. The Hall–Kier alpha value is -2.41. The second kappa shape index (κ2) is 9.17. The molecule has 0 aliphatic carbocycles. The molecule has 0 unspecified atom stereocenters. The molecule has 1 aromatic carbocycles. The molecule has 1 aliphatic rings. The number of carbonyl (C=O) groups is 1. The number of halogens is 1. The fourth-order valence-electron chi connectivity index (χ4n) is 2.42. The highest BCUT2D eigenvalue weighted by Gasteiger charge is 2.43. The van der Waals surface area contributed by atoms with Gasteiger partial charge in [-0.05, 0) is 24.3 Å². The van der Waals surface area contributed by atoms with E-state index in [-0.39, 0.29) is 25.7 Å². The first-order valence-electron chi connectivity index (χ1n) is 8.17. The van der Waals surface area contributed by atoms with Gasteiger partial charge in [0.05, 0.1) is 6.61 Å². The summed E-state index contributed by atoms with van der Waals surface area (Å²) in [4.78, 5) is 16.8. The third-order valence-electron chi connectivity index (χ3n) is 3.72. The monoisotopic (exact) mass is 350 g/mol. The number of carbonyl (C=O) groups excluding carboxylic acids is 1.